The molecule has 1 N–H and O–H groups in total. The second-order valence-corrected chi connectivity index (χ2v) is 9.72. The van der Waals surface area contributed by atoms with Crippen molar-refractivity contribution in [1.82, 2.24) is 20.0 Å². The van der Waals surface area contributed by atoms with E-state index in [0.29, 0.717) is 26.2 Å². The number of nitriles is 1. The Morgan fingerprint density at radius 3 is 2.36 bits per heavy atom. The van der Waals surface area contributed by atoms with E-state index in [9.17, 15) is 28.0 Å². The Bertz CT molecular complexity index is 860. The van der Waals surface area contributed by atoms with Gasteiger partial charge >= 0.3 is 6.09 Å². The molecule has 0 aromatic carbocycles. The minimum Gasteiger partial charge on any atom is -0.444 e. The van der Waals surface area contributed by atoms with Crippen LogP contribution in [0.25, 0.3) is 0 Å². The summed E-state index contributed by atoms with van der Waals surface area (Å²) in [6.07, 6.45) is -1.30. The van der Waals surface area contributed by atoms with Crippen LogP contribution in [-0.2, 0) is 19.1 Å². The molecule has 3 heterocycles. The number of nitrogens with one attached hydrogen (secondary N) is 1. The van der Waals surface area contributed by atoms with Gasteiger partial charge in [-0.2, -0.15) is 5.26 Å². The monoisotopic (exact) mass is 469 g/mol. The molecule has 3 saturated heterocycles. The normalized spacial score (nSPS) is 27.2. The van der Waals surface area contributed by atoms with Crippen LogP contribution in [-0.4, -0.2) is 94.8 Å². The summed E-state index contributed by atoms with van der Waals surface area (Å²) in [6.45, 7) is 5.64. The van der Waals surface area contributed by atoms with Crippen molar-refractivity contribution < 1.29 is 32.7 Å². The molecule has 0 aliphatic carbocycles. The Kier molecular flexibility index (Phi) is 6.81. The molecule has 182 valence electrons. The molecule has 3 aliphatic heterocycles. The molecule has 0 spiro atoms. The van der Waals surface area contributed by atoms with Crippen molar-refractivity contribution in [3.05, 3.63) is 0 Å². The third kappa shape index (κ3) is 5.89. The SMILES string of the molecule is CC(C)(C)OC(=O)N1CCN(C(=O)C[C@@H]2C[C@@H](C(=O)N3CC(F)(F)C[C@H]3C#N)NC2=O)CC1. The van der Waals surface area contributed by atoms with Gasteiger partial charge in [0.1, 0.15) is 17.7 Å². The van der Waals surface area contributed by atoms with Crippen LogP contribution in [0.3, 0.4) is 0 Å². The zero-order valence-corrected chi connectivity index (χ0v) is 19.0. The molecule has 0 radical (unpaired) electrons. The lowest BCUT2D eigenvalue weighted by molar-refractivity contribution is -0.136. The van der Waals surface area contributed by atoms with Gasteiger partial charge in [-0.3, -0.25) is 14.4 Å². The number of likely N-dealkylation sites (tertiary alicyclic amines) is 1. The van der Waals surface area contributed by atoms with Crippen molar-refractivity contribution in [2.75, 3.05) is 32.7 Å². The number of carbonyl (C=O) groups excluding carboxylic acids is 4. The quantitative estimate of drug-likeness (QED) is 0.650. The number of alkyl halides is 2. The fraction of sp³-hybridized carbons (Fsp3) is 0.762. The van der Waals surface area contributed by atoms with Crippen LogP contribution in [0.5, 0.6) is 0 Å². The largest absolute Gasteiger partial charge is 0.444 e. The van der Waals surface area contributed by atoms with Crippen LogP contribution in [0.15, 0.2) is 0 Å². The van der Waals surface area contributed by atoms with E-state index in [-0.39, 0.29) is 18.7 Å². The maximum Gasteiger partial charge on any atom is 0.410 e. The molecule has 0 bridgehead atoms. The number of piperazine rings is 1. The van der Waals surface area contributed by atoms with Gasteiger partial charge in [0.05, 0.1) is 12.6 Å². The van der Waals surface area contributed by atoms with Gasteiger partial charge in [-0.15, -0.1) is 0 Å². The smallest absolute Gasteiger partial charge is 0.410 e. The van der Waals surface area contributed by atoms with Gasteiger partial charge in [0.2, 0.25) is 17.7 Å². The first-order valence-electron chi connectivity index (χ1n) is 10.9. The second kappa shape index (κ2) is 9.11. The first kappa shape index (κ1) is 24.7. The van der Waals surface area contributed by atoms with Gasteiger partial charge in [0.25, 0.3) is 5.92 Å². The number of hydrogen-bond acceptors (Lipinski definition) is 6. The highest BCUT2D eigenvalue weighted by atomic mass is 19.3. The van der Waals surface area contributed by atoms with Gasteiger partial charge in [0, 0.05) is 44.9 Å². The van der Waals surface area contributed by atoms with Crippen LogP contribution < -0.4 is 5.32 Å². The average Bonchev–Trinajstić information content (AvgIpc) is 3.24. The summed E-state index contributed by atoms with van der Waals surface area (Å²) in [7, 11) is 0. The number of carbonyl (C=O) groups is 4. The predicted molar refractivity (Wildman–Crippen MR) is 110 cm³/mol. The first-order valence-corrected chi connectivity index (χ1v) is 10.9. The van der Waals surface area contributed by atoms with E-state index in [4.69, 9.17) is 10.00 Å². The molecule has 3 fully saturated rings. The number of nitrogens with zero attached hydrogens (tertiary/aromatic N) is 4. The van der Waals surface area contributed by atoms with E-state index in [1.807, 2.05) is 0 Å². The van der Waals surface area contributed by atoms with Gasteiger partial charge in [0.15, 0.2) is 0 Å². The molecule has 10 nitrogen and oxygen atoms in total. The highest BCUT2D eigenvalue weighted by molar-refractivity contribution is 5.94. The fourth-order valence-electron chi connectivity index (χ4n) is 4.25. The van der Waals surface area contributed by atoms with Gasteiger partial charge in [-0.1, -0.05) is 0 Å². The maximum atomic E-state index is 13.7. The summed E-state index contributed by atoms with van der Waals surface area (Å²) in [5.41, 5.74) is -0.619. The number of hydrogen-bond donors (Lipinski definition) is 1. The Balaban J connectivity index is 1.50. The standard InChI is InChI=1S/C21H29F2N5O5/c1-20(2,3)33-19(32)27-6-4-26(5-7-27)16(29)9-13-8-15(25-17(13)30)18(31)28-12-21(22,23)10-14(28)11-24/h13-15H,4-10,12H2,1-3H3,(H,25,30)/t13-,14-,15-/m0/s1. The van der Waals surface area contributed by atoms with E-state index >= 15 is 0 Å². The number of rotatable bonds is 3. The number of amides is 4. The molecule has 33 heavy (non-hydrogen) atoms. The first-order chi connectivity index (χ1) is 15.3. The van der Waals surface area contributed by atoms with E-state index < -0.39 is 60.4 Å². The molecule has 0 saturated carbocycles. The van der Waals surface area contributed by atoms with Crippen molar-refractivity contribution in [2.45, 2.75) is 63.6 Å². The summed E-state index contributed by atoms with van der Waals surface area (Å²) < 4.78 is 32.6. The molecule has 3 aliphatic rings. The van der Waals surface area contributed by atoms with Crippen molar-refractivity contribution in [3.8, 4) is 6.07 Å². The Labute approximate surface area is 190 Å². The molecule has 3 rings (SSSR count). The third-order valence-electron chi connectivity index (χ3n) is 5.91. The lowest BCUT2D eigenvalue weighted by Gasteiger charge is -2.35. The van der Waals surface area contributed by atoms with Crippen molar-refractivity contribution in [1.29, 1.82) is 5.26 Å². The molecule has 3 atom stereocenters. The number of ether oxygens (including phenoxy) is 1. The van der Waals surface area contributed by atoms with Gasteiger partial charge in [-0.25, -0.2) is 13.6 Å². The maximum absolute atomic E-state index is 13.7. The van der Waals surface area contributed by atoms with Gasteiger partial charge in [-0.05, 0) is 27.2 Å². The average molecular weight is 469 g/mol. The van der Waals surface area contributed by atoms with E-state index in [1.54, 1.807) is 31.7 Å². The minimum atomic E-state index is -3.14. The molecule has 12 heteroatoms. The second-order valence-electron chi connectivity index (χ2n) is 9.72. The third-order valence-corrected chi connectivity index (χ3v) is 5.91. The number of halogens is 2. The summed E-state index contributed by atoms with van der Waals surface area (Å²) in [4.78, 5) is 53.7. The molecule has 0 aromatic rings. The molecule has 0 aromatic heterocycles. The summed E-state index contributed by atoms with van der Waals surface area (Å²) in [5.74, 6) is -5.41. The fourth-order valence-corrected chi connectivity index (χ4v) is 4.25. The van der Waals surface area contributed by atoms with Gasteiger partial charge < -0.3 is 24.8 Å². The summed E-state index contributed by atoms with van der Waals surface area (Å²) >= 11 is 0. The highest BCUT2D eigenvalue weighted by Gasteiger charge is 2.50. The van der Waals surface area contributed by atoms with Crippen LogP contribution in [0.4, 0.5) is 13.6 Å². The molecular weight excluding hydrogens is 440 g/mol. The predicted octanol–water partition coefficient (Wildman–Crippen LogP) is 0.720. The molecular formula is C21H29F2N5O5. The summed E-state index contributed by atoms with van der Waals surface area (Å²) in [5, 5.41) is 11.6. The van der Waals surface area contributed by atoms with E-state index in [2.05, 4.69) is 5.32 Å². The lowest BCUT2D eigenvalue weighted by Crippen LogP contribution is -2.52. The highest BCUT2D eigenvalue weighted by Crippen LogP contribution is 2.33. The molecule has 4 amide bonds. The van der Waals surface area contributed by atoms with Crippen molar-refractivity contribution >= 4 is 23.8 Å². The van der Waals surface area contributed by atoms with Crippen LogP contribution >= 0.6 is 0 Å². The van der Waals surface area contributed by atoms with Crippen molar-refractivity contribution in [2.24, 2.45) is 5.92 Å². The zero-order valence-electron chi connectivity index (χ0n) is 19.0. The van der Waals surface area contributed by atoms with E-state index in [1.165, 1.54) is 4.90 Å². The topological polar surface area (TPSA) is 123 Å². The Hall–Kier alpha value is -2.97. The van der Waals surface area contributed by atoms with Crippen LogP contribution in [0.2, 0.25) is 0 Å². The molecule has 0 unspecified atom stereocenters. The van der Waals surface area contributed by atoms with Crippen LogP contribution in [0.1, 0.15) is 40.0 Å². The Morgan fingerprint density at radius 1 is 1.18 bits per heavy atom. The van der Waals surface area contributed by atoms with Crippen LogP contribution in [0, 0.1) is 17.2 Å². The van der Waals surface area contributed by atoms with Crippen molar-refractivity contribution in [3.63, 3.8) is 0 Å². The Morgan fingerprint density at radius 2 is 1.79 bits per heavy atom. The summed E-state index contributed by atoms with van der Waals surface area (Å²) in [6, 6.07) is -0.572. The van der Waals surface area contributed by atoms with E-state index in [0.717, 1.165) is 4.90 Å². The lowest BCUT2D eigenvalue weighted by atomic mass is 9.99. The zero-order chi connectivity index (χ0) is 24.6. The minimum absolute atomic E-state index is 0.00149.